The van der Waals surface area contributed by atoms with E-state index < -0.39 is 0 Å². The predicted octanol–water partition coefficient (Wildman–Crippen LogP) is 2.64. The van der Waals surface area contributed by atoms with Crippen LogP contribution in [0, 0.1) is 5.41 Å². The van der Waals surface area contributed by atoms with Gasteiger partial charge < -0.3 is 10.2 Å². The van der Waals surface area contributed by atoms with E-state index in [1.54, 1.807) is 0 Å². The Bertz CT molecular complexity index is 191. The molecule has 16 heavy (non-hydrogen) atoms. The predicted molar refractivity (Wildman–Crippen MR) is 69.7 cm³/mol. The van der Waals surface area contributed by atoms with Gasteiger partial charge in [0.05, 0.1) is 0 Å². The van der Waals surface area contributed by atoms with Gasteiger partial charge in [-0.25, -0.2) is 0 Å². The number of rotatable bonds is 6. The van der Waals surface area contributed by atoms with Crippen LogP contribution in [-0.2, 0) is 0 Å². The third kappa shape index (κ3) is 3.74. The van der Waals surface area contributed by atoms with Crippen molar-refractivity contribution < 1.29 is 0 Å². The van der Waals surface area contributed by atoms with Gasteiger partial charge in [0.1, 0.15) is 0 Å². The van der Waals surface area contributed by atoms with Gasteiger partial charge >= 0.3 is 0 Å². The molecule has 1 saturated heterocycles. The van der Waals surface area contributed by atoms with Gasteiger partial charge in [-0.15, -0.1) is 0 Å². The number of nitrogens with one attached hydrogen (secondary N) is 1. The lowest BCUT2D eigenvalue weighted by Gasteiger charge is -2.24. The molecule has 2 aliphatic rings. The molecule has 2 rings (SSSR count). The molecule has 1 aliphatic heterocycles. The van der Waals surface area contributed by atoms with Crippen molar-refractivity contribution in [3.63, 3.8) is 0 Å². The van der Waals surface area contributed by atoms with Crippen molar-refractivity contribution in [2.24, 2.45) is 5.41 Å². The van der Waals surface area contributed by atoms with Gasteiger partial charge in [0.25, 0.3) is 0 Å². The van der Waals surface area contributed by atoms with E-state index in [1.165, 1.54) is 77.7 Å². The lowest BCUT2D eigenvalue weighted by Crippen LogP contribution is -2.32. The van der Waals surface area contributed by atoms with Gasteiger partial charge in [0.2, 0.25) is 0 Å². The zero-order valence-electron chi connectivity index (χ0n) is 10.9. The van der Waals surface area contributed by atoms with E-state index in [2.05, 4.69) is 17.1 Å². The first-order chi connectivity index (χ1) is 7.79. The Labute approximate surface area is 101 Å². The highest BCUT2D eigenvalue weighted by molar-refractivity contribution is 4.82. The molecule has 0 amide bonds. The summed E-state index contributed by atoms with van der Waals surface area (Å²) in [6, 6.07) is 0. The second kappa shape index (κ2) is 6.02. The minimum Gasteiger partial charge on any atom is -0.316 e. The summed E-state index contributed by atoms with van der Waals surface area (Å²) in [4.78, 5) is 2.61. The van der Waals surface area contributed by atoms with Crippen LogP contribution in [0.3, 0.4) is 0 Å². The molecule has 1 heterocycles. The first-order valence-corrected chi connectivity index (χ1v) is 7.22. The molecule has 0 aromatic heterocycles. The lowest BCUT2D eigenvalue weighted by molar-refractivity contribution is 0.299. The van der Waals surface area contributed by atoms with Crippen molar-refractivity contribution in [1.29, 1.82) is 0 Å². The van der Waals surface area contributed by atoms with E-state index in [0.29, 0.717) is 5.41 Å². The van der Waals surface area contributed by atoms with Crippen molar-refractivity contribution in [3.8, 4) is 0 Å². The fraction of sp³-hybridized carbons (Fsp3) is 1.00. The normalized spacial score (nSPS) is 25.3. The Kier molecular flexibility index (Phi) is 4.66. The van der Waals surface area contributed by atoms with Crippen LogP contribution in [-0.4, -0.2) is 37.6 Å². The smallest absolute Gasteiger partial charge is 0.000517 e. The standard InChI is InChI=1S/C14H28N2/c1-14(7-2-3-8-14)13-15-9-6-12-16-10-4-5-11-16/h15H,2-13H2,1H3. The van der Waals surface area contributed by atoms with Crippen LogP contribution in [0.25, 0.3) is 0 Å². The van der Waals surface area contributed by atoms with Gasteiger partial charge in [0.15, 0.2) is 0 Å². The second-order valence-electron chi connectivity index (χ2n) is 6.10. The van der Waals surface area contributed by atoms with Crippen molar-refractivity contribution in [3.05, 3.63) is 0 Å². The Balaban J connectivity index is 1.48. The van der Waals surface area contributed by atoms with E-state index >= 15 is 0 Å². The fourth-order valence-corrected chi connectivity index (χ4v) is 3.23. The molecule has 0 atom stereocenters. The van der Waals surface area contributed by atoms with E-state index in [4.69, 9.17) is 0 Å². The Morgan fingerprint density at radius 2 is 1.75 bits per heavy atom. The molecule has 0 bridgehead atoms. The molecule has 2 nitrogen and oxygen atoms in total. The maximum Gasteiger partial charge on any atom is 0.000517 e. The maximum absolute atomic E-state index is 3.67. The van der Waals surface area contributed by atoms with E-state index in [0.717, 1.165) is 0 Å². The van der Waals surface area contributed by atoms with Gasteiger partial charge in [-0.05, 0) is 63.7 Å². The number of hydrogen-bond acceptors (Lipinski definition) is 2. The Morgan fingerprint density at radius 3 is 2.44 bits per heavy atom. The molecule has 2 fully saturated rings. The van der Waals surface area contributed by atoms with E-state index in [-0.39, 0.29) is 0 Å². The minimum atomic E-state index is 0.619. The Hall–Kier alpha value is -0.0800. The van der Waals surface area contributed by atoms with Gasteiger partial charge in [-0.1, -0.05) is 19.8 Å². The summed E-state index contributed by atoms with van der Waals surface area (Å²) < 4.78 is 0. The summed E-state index contributed by atoms with van der Waals surface area (Å²) in [6.07, 6.45) is 9.95. The minimum absolute atomic E-state index is 0.619. The lowest BCUT2D eigenvalue weighted by atomic mass is 9.89. The van der Waals surface area contributed by atoms with Crippen LogP contribution in [0.1, 0.15) is 51.9 Å². The summed E-state index contributed by atoms with van der Waals surface area (Å²) in [5.74, 6) is 0. The zero-order chi connectivity index (χ0) is 11.3. The number of likely N-dealkylation sites (tertiary alicyclic amines) is 1. The van der Waals surface area contributed by atoms with Crippen LogP contribution in [0.2, 0.25) is 0 Å². The van der Waals surface area contributed by atoms with E-state index in [1.807, 2.05) is 0 Å². The summed E-state index contributed by atoms with van der Waals surface area (Å²) >= 11 is 0. The van der Waals surface area contributed by atoms with Crippen molar-refractivity contribution in [2.45, 2.75) is 51.9 Å². The second-order valence-corrected chi connectivity index (χ2v) is 6.10. The monoisotopic (exact) mass is 224 g/mol. The van der Waals surface area contributed by atoms with Crippen molar-refractivity contribution in [1.82, 2.24) is 10.2 Å². The van der Waals surface area contributed by atoms with Gasteiger partial charge in [-0.2, -0.15) is 0 Å². The topological polar surface area (TPSA) is 15.3 Å². The molecular weight excluding hydrogens is 196 g/mol. The fourth-order valence-electron chi connectivity index (χ4n) is 3.23. The van der Waals surface area contributed by atoms with E-state index in [9.17, 15) is 0 Å². The van der Waals surface area contributed by atoms with Crippen molar-refractivity contribution in [2.75, 3.05) is 32.7 Å². The summed E-state index contributed by atoms with van der Waals surface area (Å²) in [6.45, 7) is 8.91. The molecular formula is C14H28N2. The zero-order valence-corrected chi connectivity index (χ0v) is 10.9. The summed E-state index contributed by atoms with van der Waals surface area (Å²) in [5.41, 5.74) is 0.619. The van der Waals surface area contributed by atoms with Crippen LogP contribution in [0.4, 0.5) is 0 Å². The highest BCUT2D eigenvalue weighted by Gasteiger charge is 2.27. The quantitative estimate of drug-likeness (QED) is 0.698. The van der Waals surface area contributed by atoms with Crippen LogP contribution in [0.15, 0.2) is 0 Å². The molecule has 0 spiro atoms. The molecule has 0 unspecified atom stereocenters. The molecule has 0 aromatic carbocycles. The largest absolute Gasteiger partial charge is 0.316 e. The first kappa shape index (κ1) is 12.4. The molecule has 1 aliphatic carbocycles. The third-order valence-corrected chi connectivity index (χ3v) is 4.39. The highest BCUT2D eigenvalue weighted by Crippen LogP contribution is 2.36. The van der Waals surface area contributed by atoms with Gasteiger partial charge in [-0.3, -0.25) is 0 Å². The molecule has 0 radical (unpaired) electrons. The molecule has 1 saturated carbocycles. The molecule has 94 valence electrons. The van der Waals surface area contributed by atoms with Crippen molar-refractivity contribution >= 4 is 0 Å². The van der Waals surface area contributed by atoms with Crippen LogP contribution in [0.5, 0.6) is 0 Å². The average molecular weight is 224 g/mol. The maximum atomic E-state index is 3.67. The third-order valence-electron chi connectivity index (χ3n) is 4.39. The van der Waals surface area contributed by atoms with Crippen LogP contribution >= 0.6 is 0 Å². The first-order valence-electron chi connectivity index (χ1n) is 7.22. The average Bonchev–Trinajstić information content (AvgIpc) is 2.89. The molecule has 1 N–H and O–H groups in total. The molecule has 2 heteroatoms. The molecule has 0 aromatic rings. The van der Waals surface area contributed by atoms with Crippen LogP contribution < -0.4 is 5.32 Å². The summed E-state index contributed by atoms with van der Waals surface area (Å²) in [5, 5.41) is 3.67. The number of nitrogens with zero attached hydrogens (tertiary/aromatic N) is 1. The number of hydrogen-bond donors (Lipinski definition) is 1. The van der Waals surface area contributed by atoms with Gasteiger partial charge in [0, 0.05) is 6.54 Å². The SMILES string of the molecule is CC1(CNCCCN2CCCC2)CCCC1. The Morgan fingerprint density at radius 1 is 1.06 bits per heavy atom. The summed E-state index contributed by atoms with van der Waals surface area (Å²) in [7, 11) is 0. The highest BCUT2D eigenvalue weighted by atomic mass is 15.1.